The van der Waals surface area contributed by atoms with E-state index in [0.717, 1.165) is 22.5 Å². The third kappa shape index (κ3) is 2.82. The van der Waals surface area contributed by atoms with Crippen molar-refractivity contribution >= 4 is 16.9 Å². The van der Waals surface area contributed by atoms with Crippen molar-refractivity contribution in [1.29, 1.82) is 0 Å². The summed E-state index contributed by atoms with van der Waals surface area (Å²) in [6, 6.07) is 3.74. The van der Waals surface area contributed by atoms with Crippen LogP contribution in [0.25, 0.3) is 16.7 Å². The average Bonchev–Trinajstić information content (AvgIpc) is 2.92. The minimum absolute atomic E-state index is 0.339. The number of aliphatic hydroxyl groups excluding tert-OH is 1. The number of pyridine rings is 1. The van der Waals surface area contributed by atoms with Gasteiger partial charge in [0, 0.05) is 18.9 Å². The summed E-state index contributed by atoms with van der Waals surface area (Å²) in [5.41, 5.74) is 1.63. The number of nitrogens with zero attached hydrogens (tertiary/aromatic N) is 5. The summed E-state index contributed by atoms with van der Waals surface area (Å²) in [5.74, 6) is 0.723. The van der Waals surface area contributed by atoms with E-state index in [0.29, 0.717) is 13.0 Å². The van der Waals surface area contributed by atoms with Gasteiger partial charge in [0.15, 0.2) is 5.65 Å². The molecule has 0 spiro atoms. The van der Waals surface area contributed by atoms with E-state index in [1.807, 2.05) is 12.1 Å². The van der Waals surface area contributed by atoms with E-state index in [9.17, 15) is 5.11 Å². The molecular formula is C14H16N6O. The summed E-state index contributed by atoms with van der Waals surface area (Å²) >= 11 is 0. The van der Waals surface area contributed by atoms with Gasteiger partial charge in [-0.15, -0.1) is 0 Å². The van der Waals surface area contributed by atoms with Crippen LogP contribution in [0.2, 0.25) is 0 Å². The fourth-order valence-electron chi connectivity index (χ4n) is 2.06. The Labute approximate surface area is 121 Å². The number of hydrogen-bond acceptors (Lipinski definition) is 6. The van der Waals surface area contributed by atoms with Gasteiger partial charge in [-0.05, 0) is 25.5 Å². The molecule has 1 unspecified atom stereocenters. The van der Waals surface area contributed by atoms with Gasteiger partial charge in [-0.3, -0.25) is 4.98 Å². The quantitative estimate of drug-likeness (QED) is 0.736. The smallest absolute Gasteiger partial charge is 0.168 e. The summed E-state index contributed by atoms with van der Waals surface area (Å²) < 4.78 is 1.75. The molecule has 108 valence electrons. The number of hydrogen-bond donors (Lipinski definition) is 2. The lowest BCUT2D eigenvalue weighted by molar-refractivity contribution is 0.188. The van der Waals surface area contributed by atoms with Crippen LogP contribution in [0.15, 0.2) is 37.1 Å². The van der Waals surface area contributed by atoms with Gasteiger partial charge in [0.25, 0.3) is 0 Å². The molecule has 2 N–H and O–H groups in total. The van der Waals surface area contributed by atoms with Crippen LogP contribution in [-0.4, -0.2) is 42.5 Å². The predicted octanol–water partition coefficient (Wildman–Crippen LogP) is 1.39. The minimum atomic E-state index is -0.339. The van der Waals surface area contributed by atoms with Gasteiger partial charge < -0.3 is 10.4 Å². The lowest BCUT2D eigenvalue weighted by Crippen LogP contribution is -2.10. The van der Waals surface area contributed by atoms with Crippen LogP contribution in [0.5, 0.6) is 0 Å². The van der Waals surface area contributed by atoms with E-state index >= 15 is 0 Å². The SMILES string of the molecule is CC(O)CCNc1ncnc2c1cnn2-c1ccncc1. The molecule has 3 rings (SSSR count). The van der Waals surface area contributed by atoms with Crippen molar-refractivity contribution < 1.29 is 5.11 Å². The van der Waals surface area contributed by atoms with Gasteiger partial charge in [-0.2, -0.15) is 5.10 Å². The molecule has 0 aliphatic heterocycles. The highest BCUT2D eigenvalue weighted by molar-refractivity contribution is 5.87. The van der Waals surface area contributed by atoms with Gasteiger partial charge in [0.1, 0.15) is 12.1 Å². The van der Waals surface area contributed by atoms with Gasteiger partial charge in [-0.1, -0.05) is 0 Å². The van der Waals surface area contributed by atoms with Crippen molar-refractivity contribution in [2.24, 2.45) is 0 Å². The lowest BCUT2D eigenvalue weighted by atomic mass is 10.3. The number of fused-ring (bicyclic) bond motifs is 1. The van der Waals surface area contributed by atoms with Crippen molar-refractivity contribution in [2.45, 2.75) is 19.4 Å². The molecule has 3 heterocycles. The Morgan fingerprint density at radius 3 is 2.86 bits per heavy atom. The molecular weight excluding hydrogens is 268 g/mol. The van der Waals surface area contributed by atoms with Crippen molar-refractivity contribution in [3.63, 3.8) is 0 Å². The van der Waals surface area contributed by atoms with Crippen LogP contribution in [0, 0.1) is 0 Å². The van der Waals surface area contributed by atoms with E-state index in [1.54, 1.807) is 30.2 Å². The fraction of sp³-hybridized carbons (Fsp3) is 0.286. The molecule has 0 aliphatic rings. The van der Waals surface area contributed by atoms with Gasteiger partial charge in [0.2, 0.25) is 0 Å². The van der Waals surface area contributed by atoms with Crippen molar-refractivity contribution in [3.8, 4) is 5.69 Å². The average molecular weight is 284 g/mol. The maximum atomic E-state index is 9.30. The molecule has 0 fully saturated rings. The number of aromatic nitrogens is 5. The molecule has 0 radical (unpaired) electrons. The highest BCUT2D eigenvalue weighted by Crippen LogP contribution is 2.21. The summed E-state index contributed by atoms with van der Waals surface area (Å²) in [6.45, 7) is 2.41. The fourth-order valence-corrected chi connectivity index (χ4v) is 2.06. The second kappa shape index (κ2) is 5.84. The third-order valence-electron chi connectivity index (χ3n) is 3.13. The van der Waals surface area contributed by atoms with Crippen molar-refractivity contribution in [2.75, 3.05) is 11.9 Å². The lowest BCUT2D eigenvalue weighted by Gasteiger charge is -2.08. The Balaban J connectivity index is 1.93. The first-order valence-electron chi connectivity index (χ1n) is 6.77. The molecule has 3 aromatic rings. The van der Waals surface area contributed by atoms with Gasteiger partial charge in [-0.25, -0.2) is 14.6 Å². The maximum absolute atomic E-state index is 9.30. The van der Waals surface area contributed by atoms with E-state index in [-0.39, 0.29) is 6.10 Å². The first-order valence-corrected chi connectivity index (χ1v) is 6.77. The van der Waals surface area contributed by atoms with E-state index in [4.69, 9.17) is 0 Å². The van der Waals surface area contributed by atoms with E-state index in [1.165, 1.54) is 6.33 Å². The number of rotatable bonds is 5. The first-order chi connectivity index (χ1) is 10.3. The Bertz CT molecular complexity index is 725. The zero-order valence-corrected chi connectivity index (χ0v) is 11.6. The second-order valence-corrected chi connectivity index (χ2v) is 4.79. The molecule has 0 aromatic carbocycles. The third-order valence-corrected chi connectivity index (χ3v) is 3.13. The number of anilines is 1. The highest BCUT2D eigenvalue weighted by atomic mass is 16.3. The largest absolute Gasteiger partial charge is 0.393 e. The monoisotopic (exact) mass is 284 g/mol. The van der Waals surface area contributed by atoms with Crippen LogP contribution in [0.4, 0.5) is 5.82 Å². The molecule has 7 nitrogen and oxygen atoms in total. The molecule has 3 aromatic heterocycles. The summed E-state index contributed by atoms with van der Waals surface area (Å²) in [6.07, 6.45) is 6.99. The summed E-state index contributed by atoms with van der Waals surface area (Å²) in [7, 11) is 0. The minimum Gasteiger partial charge on any atom is -0.393 e. The maximum Gasteiger partial charge on any atom is 0.168 e. The van der Waals surface area contributed by atoms with Crippen LogP contribution < -0.4 is 5.32 Å². The van der Waals surface area contributed by atoms with E-state index < -0.39 is 0 Å². The van der Waals surface area contributed by atoms with Crippen LogP contribution in [0.1, 0.15) is 13.3 Å². The topological polar surface area (TPSA) is 88.8 Å². The predicted molar refractivity (Wildman–Crippen MR) is 79.2 cm³/mol. The molecule has 0 bridgehead atoms. The first kappa shape index (κ1) is 13.4. The molecule has 0 saturated heterocycles. The standard InChI is InChI=1S/C14H16N6O/c1-10(21)2-7-16-13-12-8-19-20(14(12)18-9-17-13)11-3-5-15-6-4-11/h3-6,8-10,21H,2,7H2,1H3,(H,16,17,18). The second-order valence-electron chi connectivity index (χ2n) is 4.79. The van der Waals surface area contributed by atoms with Gasteiger partial charge in [0.05, 0.1) is 23.4 Å². The van der Waals surface area contributed by atoms with Crippen LogP contribution >= 0.6 is 0 Å². The van der Waals surface area contributed by atoms with E-state index in [2.05, 4.69) is 25.4 Å². The van der Waals surface area contributed by atoms with Crippen LogP contribution in [-0.2, 0) is 0 Å². The zero-order valence-electron chi connectivity index (χ0n) is 11.6. The van der Waals surface area contributed by atoms with Crippen LogP contribution in [0.3, 0.4) is 0 Å². The van der Waals surface area contributed by atoms with Crippen molar-refractivity contribution in [3.05, 3.63) is 37.1 Å². The summed E-state index contributed by atoms with van der Waals surface area (Å²) in [5, 5.41) is 17.7. The Hall–Kier alpha value is -2.54. The molecule has 0 aliphatic carbocycles. The summed E-state index contributed by atoms with van der Waals surface area (Å²) in [4.78, 5) is 12.5. The molecule has 21 heavy (non-hydrogen) atoms. The number of nitrogens with one attached hydrogen (secondary N) is 1. The zero-order chi connectivity index (χ0) is 14.7. The highest BCUT2D eigenvalue weighted by Gasteiger charge is 2.10. The molecule has 0 amide bonds. The molecule has 1 atom stereocenters. The Morgan fingerprint density at radius 1 is 1.29 bits per heavy atom. The molecule has 7 heteroatoms. The molecule has 0 saturated carbocycles. The number of aliphatic hydroxyl groups is 1. The Kier molecular flexibility index (Phi) is 3.74. The normalized spacial score (nSPS) is 12.5. The van der Waals surface area contributed by atoms with Crippen molar-refractivity contribution in [1.82, 2.24) is 24.7 Å². The Morgan fingerprint density at radius 2 is 2.10 bits per heavy atom. The van der Waals surface area contributed by atoms with Gasteiger partial charge >= 0.3 is 0 Å².